The van der Waals surface area contributed by atoms with Crippen LogP contribution >= 0.6 is 0 Å². The molecule has 0 bridgehead atoms. The summed E-state index contributed by atoms with van der Waals surface area (Å²) in [5, 5.41) is 0. The first-order valence-electron chi connectivity index (χ1n) is 7.37. The van der Waals surface area contributed by atoms with Crippen molar-refractivity contribution in [1.29, 1.82) is 0 Å². The third-order valence-corrected chi connectivity index (χ3v) is 3.50. The van der Waals surface area contributed by atoms with Crippen LogP contribution in [0.1, 0.15) is 26.3 Å². The lowest BCUT2D eigenvalue weighted by atomic mass is 9.98. The van der Waals surface area contributed by atoms with Crippen LogP contribution in [0.4, 0.5) is 0 Å². The molecule has 19 heavy (non-hydrogen) atoms. The molecule has 0 heterocycles. The van der Waals surface area contributed by atoms with Crippen LogP contribution in [0.25, 0.3) is 0 Å². The quantitative estimate of drug-likeness (QED) is 0.745. The summed E-state index contributed by atoms with van der Waals surface area (Å²) in [7, 11) is 0. The number of hydrogen-bond acceptors (Lipinski definition) is 3. The minimum atomic E-state index is 0.526. The molecule has 0 saturated heterocycles. The van der Waals surface area contributed by atoms with E-state index < -0.39 is 0 Å². The van der Waals surface area contributed by atoms with Crippen molar-refractivity contribution in [3.8, 4) is 5.75 Å². The van der Waals surface area contributed by atoms with Crippen molar-refractivity contribution in [2.75, 3.05) is 32.8 Å². The smallest absolute Gasteiger partial charge is 0.119 e. The van der Waals surface area contributed by atoms with E-state index in [-0.39, 0.29) is 0 Å². The van der Waals surface area contributed by atoms with Crippen molar-refractivity contribution in [2.24, 2.45) is 11.7 Å². The zero-order valence-electron chi connectivity index (χ0n) is 12.6. The Kier molecular flexibility index (Phi) is 7.53. The largest absolute Gasteiger partial charge is 0.494 e. The summed E-state index contributed by atoms with van der Waals surface area (Å²) in [5.74, 6) is 1.47. The Morgan fingerprint density at radius 3 is 2.21 bits per heavy atom. The van der Waals surface area contributed by atoms with E-state index in [1.54, 1.807) is 0 Å². The summed E-state index contributed by atoms with van der Waals surface area (Å²) in [4.78, 5) is 2.44. The monoisotopic (exact) mass is 264 g/mol. The fourth-order valence-corrected chi connectivity index (χ4v) is 2.29. The minimum Gasteiger partial charge on any atom is -0.494 e. The summed E-state index contributed by atoms with van der Waals surface area (Å²) in [6, 6.07) is 8.39. The van der Waals surface area contributed by atoms with Gasteiger partial charge in [-0.25, -0.2) is 0 Å². The van der Waals surface area contributed by atoms with E-state index in [4.69, 9.17) is 10.5 Å². The first kappa shape index (κ1) is 16.0. The molecule has 0 radical (unpaired) electrons. The van der Waals surface area contributed by atoms with Crippen LogP contribution < -0.4 is 10.5 Å². The maximum Gasteiger partial charge on any atom is 0.119 e. The Morgan fingerprint density at radius 2 is 1.74 bits per heavy atom. The van der Waals surface area contributed by atoms with Crippen molar-refractivity contribution in [3.63, 3.8) is 0 Å². The van der Waals surface area contributed by atoms with Gasteiger partial charge >= 0.3 is 0 Å². The highest BCUT2D eigenvalue weighted by atomic mass is 16.5. The maximum absolute atomic E-state index is 5.90. The Balaban J connectivity index is 2.54. The predicted molar refractivity (Wildman–Crippen MR) is 81.6 cm³/mol. The third kappa shape index (κ3) is 5.62. The van der Waals surface area contributed by atoms with Crippen molar-refractivity contribution in [3.05, 3.63) is 29.8 Å². The van der Waals surface area contributed by atoms with Gasteiger partial charge < -0.3 is 15.4 Å². The number of nitrogens with zero attached hydrogens (tertiary/aromatic N) is 1. The van der Waals surface area contributed by atoms with E-state index in [1.807, 2.05) is 19.1 Å². The number of hydrogen-bond donors (Lipinski definition) is 1. The predicted octanol–water partition coefficient (Wildman–Crippen LogP) is 2.54. The van der Waals surface area contributed by atoms with Gasteiger partial charge in [0.2, 0.25) is 0 Å². The molecule has 0 amide bonds. The van der Waals surface area contributed by atoms with Gasteiger partial charge in [0, 0.05) is 6.54 Å². The Bertz CT molecular complexity index is 333. The lowest BCUT2D eigenvalue weighted by Crippen LogP contribution is -2.33. The minimum absolute atomic E-state index is 0.526. The average molecular weight is 264 g/mol. The highest BCUT2D eigenvalue weighted by molar-refractivity contribution is 5.27. The van der Waals surface area contributed by atoms with Gasteiger partial charge in [0.05, 0.1) is 6.61 Å². The van der Waals surface area contributed by atoms with Crippen molar-refractivity contribution in [2.45, 2.75) is 27.2 Å². The molecule has 1 rings (SSSR count). The molecule has 0 aliphatic rings. The van der Waals surface area contributed by atoms with Crippen LogP contribution in [0, 0.1) is 5.92 Å². The SMILES string of the molecule is CCOc1ccc(CC(CN)CN(CC)CC)cc1. The van der Waals surface area contributed by atoms with Crippen LogP contribution in [0.3, 0.4) is 0 Å². The molecule has 0 aliphatic heterocycles. The van der Waals surface area contributed by atoms with Gasteiger partial charge in [-0.05, 0) is 56.6 Å². The molecule has 0 aromatic heterocycles. The molecular weight excluding hydrogens is 236 g/mol. The van der Waals surface area contributed by atoms with Crippen LogP contribution in [0.5, 0.6) is 5.75 Å². The molecule has 3 nitrogen and oxygen atoms in total. The van der Waals surface area contributed by atoms with Crippen LogP contribution in [-0.2, 0) is 6.42 Å². The van der Waals surface area contributed by atoms with Gasteiger partial charge in [0.25, 0.3) is 0 Å². The van der Waals surface area contributed by atoms with E-state index in [0.717, 1.165) is 38.3 Å². The van der Waals surface area contributed by atoms with Crippen LogP contribution in [0.15, 0.2) is 24.3 Å². The first-order chi connectivity index (χ1) is 9.23. The normalized spacial score (nSPS) is 12.7. The molecule has 3 heteroatoms. The fourth-order valence-electron chi connectivity index (χ4n) is 2.29. The van der Waals surface area contributed by atoms with Crippen molar-refractivity contribution >= 4 is 0 Å². The topological polar surface area (TPSA) is 38.5 Å². The van der Waals surface area contributed by atoms with Crippen LogP contribution in [-0.4, -0.2) is 37.7 Å². The van der Waals surface area contributed by atoms with Crippen molar-refractivity contribution in [1.82, 2.24) is 4.90 Å². The number of rotatable bonds is 9. The van der Waals surface area contributed by atoms with Gasteiger partial charge in [-0.1, -0.05) is 26.0 Å². The molecule has 0 saturated carbocycles. The Labute approximate surface area is 117 Å². The summed E-state index contributed by atoms with van der Waals surface area (Å²) >= 11 is 0. The average Bonchev–Trinajstić information content (AvgIpc) is 2.45. The third-order valence-electron chi connectivity index (χ3n) is 3.50. The molecule has 0 spiro atoms. The molecule has 0 aliphatic carbocycles. The zero-order valence-corrected chi connectivity index (χ0v) is 12.6. The van der Waals surface area contributed by atoms with E-state index in [0.29, 0.717) is 12.5 Å². The van der Waals surface area contributed by atoms with Gasteiger partial charge in [0.1, 0.15) is 5.75 Å². The van der Waals surface area contributed by atoms with E-state index in [2.05, 4.69) is 30.9 Å². The lowest BCUT2D eigenvalue weighted by molar-refractivity contribution is 0.254. The highest BCUT2D eigenvalue weighted by Crippen LogP contribution is 2.15. The zero-order chi connectivity index (χ0) is 14.1. The second-order valence-corrected chi connectivity index (χ2v) is 4.87. The standard InChI is InChI=1S/C16H28N2O/c1-4-18(5-2)13-15(12-17)11-14-7-9-16(10-8-14)19-6-3/h7-10,15H,4-6,11-13,17H2,1-3H3. The highest BCUT2D eigenvalue weighted by Gasteiger charge is 2.11. The van der Waals surface area contributed by atoms with Gasteiger partial charge in [-0.15, -0.1) is 0 Å². The second-order valence-electron chi connectivity index (χ2n) is 4.87. The number of nitrogens with two attached hydrogens (primary N) is 1. The number of ether oxygens (including phenoxy) is 1. The molecule has 1 aromatic rings. The first-order valence-corrected chi connectivity index (χ1v) is 7.37. The molecule has 1 aromatic carbocycles. The van der Waals surface area contributed by atoms with Gasteiger partial charge in [-0.2, -0.15) is 0 Å². The molecule has 1 atom stereocenters. The summed E-state index contributed by atoms with van der Waals surface area (Å²) in [6.07, 6.45) is 1.04. The number of benzene rings is 1. The molecular formula is C16H28N2O. The molecule has 0 fully saturated rings. The Morgan fingerprint density at radius 1 is 1.11 bits per heavy atom. The summed E-state index contributed by atoms with van der Waals surface area (Å²) in [5.41, 5.74) is 7.24. The second kappa shape index (κ2) is 8.94. The van der Waals surface area contributed by atoms with Gasteiger partial charge in [0.15, 0.2) is 0 Å². The fraction of sp³-hybridized carbons (Fsp3) is 0.625. The van der Waals surface area contributed by atoms with E-state index in [9.17, 15) is 0 Å². The molecule has 2 N–H and O–H groups in total. The lowest BCUT2D eigenvalue weighted by Gasteiger charge is -2.24. The maximum atomic E-state index is 5.90. The van der Waals surface area contributed by atoms with Gasteiger partial charge in [-0.3, -0.25) is 0 Å². The summed E-state index contributed by atoms with van der Waals surface area (Å²) in [6.45, 7) is 11.1. The summed E-state index contributed by atoms with van der Waals surface area (Å²) < 4.78 is 5.46. The molecule has 108 valence electrons. The Hall–Kier alpha value is -1.06. The van der Waals surface area contributed by atoms with Crippen molar-refractivity contribution < 1.29 is 4.74 Å². The van der Waals surface area contributed by atoms with E-state index >= 15 is 0 Å². The van der Waals surface area contributed by atoms with Crippen LogP contribution in [0.2, 0.25) is 0 Å². The molecule has 1 unspecified atom stereocenters. The van der Waals surface area contributed by atoms with E-state index in [1.165, 1.54) is 5.56 Å².